The summed E-state index contributed by atoms with van der Waals surface area (Å²) in [7, 11) is 1.75. The Morgan fingerprint density at radius 1 is 1.29 bits per heavy atom. The molecule has 0 saturated carbocycles. The molecule has 0 bridgehead atoms. The summed E-state index contributed by atoms with van der Waals surface area (Å²) < 4.78 is 0. The fourth-order valence-electron chi connectivity index (χ4n) is 2.73. The topological polar surface area (TPSA) is 74.3 Å². The third-order valence-corrected chi connectivity index (χ3v) is 4.11. The Morgan fingerprint density at radius 2 is 2.12 bits per heavy atom. The summed E-state index contributed by atoms with van der Waals surface area (Å²) >= 11 is 0. The van der Waals surface area contributed by atoms with Crippen molar-refractivity contribution in [1.82, 2.24) is 15.2 Å². The summed E-state index contributed by atoms with van der Waals surface area (Å²) in [6.45, 7) is 1.24. The zero-order chi connectivity index (χ0) is 16.9. The number of para-hydroxylation sites is 1. The van der Waals surface area contributed by atoms with Crippen molar-refractivity contribution in [3.05, 3.63) is 59.9 Å². The Kier molecular flexibility index (Phi) is 4.74. The van der Waals surface area contributed by atoms with Crippen molar-refractivity contribution >= 4 is 17.5 Å². The van der Waals surface area contributed by atoms with Gasteiger partial charge in [0.2, 0.25) is 5.91 Å². The molecule has 6 nitrogen and oxygen atoms in total. The Morgan fingerprint density at radius 3 is 2.83 bits per heavy atom. The summed E-state index contributed by atoms with van der Waals surface area (Å²) in [6, 6.07) is 10.7. The summed E-state index contributed by atoms with van der Waals surface area (Å²) in [6.07, 6.45) is 4.15. The van der Waals surface area contributed by atoms with Gasteiger partial charge >= 0.3 is 0 Å². The molecule has 124 valence electrons. The highest BCUT2D eigenvalue weighted by molar-refractivity contribution is 6.02. The fraction of sp³-hybridized carbons (Fsp3) is 0.278. The van der Waals surface area contributed by atoms with Crippen LogP contribution in [0, 0.1) is 0 Å². The second kappa shape index (κ2) is 7.12. The van der Waals surface area contributed by atoms with Crippen LogP contribution >= 0.6 is 0 Å². The number of nitrogens with zero attached hydrogens (tertiary/aromatic N) is 2. The van der Waals surface area contributed by atoms with Crippen molar-refractivity contribution in [2.24, 2.45) is 0 Å². The van der Waals surface area contributed by atoms with Crippen LogP contribution in [0.15, 0.2) is 48.8 Å². The number of benzene rings is 1. The Hall–Kier alpha value is -2.89. The minimum Gasteiger partial charge on any atom is -0.380 e. The molecule has 1 aromatic heterocycles. The molecular weight excluding hydrogens is 304 g/mol. The van der Waals surface area contributed by atoms with Crippen LogP contribution in [0.2, 0.25) is 0 Å². The van der Waals surface area contributed by atoms with Crippen LogP contribution in [0.3, 0.4) is 0 Å². The molecule has 1 aliphatic heterocycles. The molecule has 0 radical (unpaired) electrons. The summed E-state index contributed by atoms with van der Waals surface area (Å²) in [4.78, 5) is 30.2. The number of hydrogen-bond acceptors (Lipinski definition) is 4. The number of carbonyl (C=O) groups excluding carboxylic acids is 2. The van der Waals surface area contributed by atoms with Crippen LogP contribution in [0.5, 0.6) is 0 Å². The Labute approximate surface area is 140 Å². The van der Waals surface area contributed by atoms with Gasteiger partial charge in [-0.3, -0.25) is 14.6 Å². The van der Waals surface area contributed by atoms with Gasteiger partial charge in [-0.1, -0.05) is 18.2 Å². The minimum atomic E-state index is -0.436. The molecule has 1 fully saturated rings. The third kappa shape index (κ3) is 3.53. The number of aromatic nitrogens is 1. The van der Waals surface area contributed by atoms with Crippen LogP contribution < -0.4 is 10.6 Å². The molecular formula is C18H20N4O2. The number of hydrogen-bond donors (Lipinski definition) is 2. The van der Waals surface area contributed by atoms with Crippen molar-refractivity contribution < 1.29 is 9.59 Å². The normalized spacial score (nSPS) is 17.0. The molecule has 2 heterocycles. The lowest BCUT2D eigenvalue weighted by Gasteiger charge is -2.15. The van der Waals surface area contributed by atoms with Crippen LogP contribution in [-0.4, -0.2) is 41.3 Å². The number of pyridine rings is 1. The number of carbonyl (C=O) groups is 2. The molecule has 2 amide bonds. The molecule has 1 aromatic carbocycles. The number of likely N-dealkylation sites (N-methyl/N-ethyl adjacent to an activating group) is 1. The van der Waals surface area contributed by atoms with Gasteiger partial charge in [0.25, 0.3) is 5.91 Å². The lowest BCUT2D eigenvalue weighted by molar-refractivity contribution is -0.128. The van der Waals surface area contributed by atoms with E-state index in [2.05, 4.69) is 15.6 Å². The average molecular weight is 324 g/mol. The molecule has 0 aliphatic carbocycles. The quantitative estimate of drug-likeness (QED) is 0.877. The van der Waals surface area contributed by atoms with Crippen molar-refractivity contribution in [1.29, 1.82) is 0 Å². The third-order valence-electron chi connectivity index (χ3n) is 4.11. The molecule has 1 saturated heterocycles. The van der Waals surface area contributed by atoms with Gasteiger partial charge < -0.3 is 15.5 Å². The van der Waals surface area contributed by atoms with E-state index in [1.54, 1.807) is 30.4 Å². The first kappa shape index (κ1) is 16.0. The maximum Gasteiger partial charge on any atom is 0.254 e. The molecule has 2 N–H and O–H groups in total. The highest BCUT2D eigenvalue weighted by Gasteiger charge is 2.30. The van der Waals surface area contributed by atoms with Crippen molar-refractivity contribution in [2.45, 2.75) is 19.0 Å². The fourth-order valence-corrected chi connectivity index (χ4v) is 2.73. The minimum absolute atomic E-state index is 0.0378. The standard InChI is InChI=1S/C18H20N4O2/c1-22-10-8-16(18(22)24)21-17(23)14-6-2-3-7-15(14)20-12-13-5-4-9-19-11-13/h2-7,9,11,16,20H,8,10,12H2,1H3,(H,21,23)/t16-/m1/s1. The molecule has 1 aliphatic rings. The van der Waals surface area contributed by atoms with Gasteiger partial charge in [0, 0.05) is 38.2 Å². The monoisotopic (exact) mass is 324 g/mol. The van der Waals surface area contributed by atoms with Crippen LogP contribution in [0.1, 0.15) is 22.3 Å². The summed E-state index contributed by atoms with van der Waals surface area (Å²) in [5, 5.41) is 6.09. The number of anilines is 1. The lowest BCUT2D eigenvalue weighted by atomic mass is 10.1. The van der Waals surface area contributed by atoms with Crippen molar-refractivity contribution in [3.8, 4) is 0 Å². The summed E-state index contributed by atoms with van der Waals surface area (Å²) in [5.74, 6) is -0.276. The van der Waals surface area contributed by atoms with E-state index in [4.69, 9.17) is 0 Å². The maximum absolute atomic E-state index is 12.6. The molecule has 24 heavy (non-hydrogen) atoms. The number of rotatable bonds is 5. The van der Waals surface area contributed by atoms with Gasteiger partial charge in [-0.25, -0.2) is 0 Å². The van der Waals surface area contributed by atoms with E-state index in [1.807, 2.05) is 30.3 Å². The Bertz CT molecular complexity index is 733. The van der Waals surface area contributed by atoms with Crippen molar-refractivity contribution in [2.75, 3.05) is 18.9 Å². The van der Waals surface area contributed by atoms with E-state index in [9.17, 15) is 9.59 Å². The van der Waals surface area contributed by atoms with E-state index in [1.165, 1.54) is 0 Å². The summed E-state index contributed by atoms with van der Waals surface area (Å²) in [5.41, 5.74) is 2.29. The van der Waals surface area contributed by atoms with Crippen LogP contribution in [-0.2, 0) is 11.3 Å². The molecule has 2 aromatic rings. The first-order valence-electron chi connectivity index (χ1n) is 7.93. The van der Waals surface area contributed by atoms with Gasteiger partial charge in [-0.15, -0.1) is 0 Å². The number of likely N-dealkylation sites (tertiary alicyclic amines) is 1. The van der Waals surface area contributed by atoms with E-state index >= 15 is 0 Å². The Balaban J connectivity index is 1.69. The van der Waals surface area contributed by atoms with Gasteiger partial charge in [0.15, 0.2) is 0 Å². The maximum atomic E-state index is 12.6. The molecule has 0 spiro atoms. The predicted octanol–water partition coefficient (Wildman–Crippen LogP) is 1.65. The lowest BCUT2D eigenvalue weighted by Crippen LogP contribution is -2.40. The highest BCUT2D eigenvalue weighted by atomic mass is 16.2. The average Bonchev–Trinajstić information content (AvgIpc) is 2.93. The number of nitrogens with one attached hydrogen (secondary N) is 2. The van der Waals surface area contributed by atoms with Crippen LogP contribution in [0.25, 0.3) is 0 Å². The second-order valence-electron chi connectivity index (χ2n) is 5.83. The SMILES string of the molecule is CN1CC[C@@H](NC(=O)c2ccccc2NCc2cccnc2)C1=O. The molecule has 1 atom stereocenters. The highest BCUT2D eigenvalue weighted by Crippen LogP contribution is 2.17. The second-order valence-corrected chi connectivity index (χ2v) is 5.83. The number of amides is 2. The van der Waals surface area contributed by atoms with E-state index in [0.29, 0.717) is 25.1 Å². The van der Waals surface area contributed by atoms with Gasteiger partial charge in [-0.2, -0.15) is 0 Å². The van der Waals surface area contributed by atoms with E-state index < -0.39 is 6.04 Å². The molecule has 6 heteroatoms. The van der Waals surface area contributed by atoms with E-state index in [-0.39, 0.29) is 11.8 Å². The van der Waals surface area contributed by atoms with Crippen LogP contribution in [0.4, 0.5) is 5.69 Å². The first-order valence-corrected chi connectivity index (χ1v) is 7.93. The zero-order valence-electron chi connectivity index (χ0n) is 13.5. The van der Waals surface area contributed by atoms with Gasteiger partial charge in [0.1, 0.15) is 6.04 Å². The molecule has 3 rings (SSSR count). The molecule has 0 unspecified atom stereocenters. The van der Waals surface area contributed by atoms with Crippen molar-refractivity contribution in [3.63, 3.8) is 0 Å². The van der Waals surface area contributed by atoms with E-state index in [0.717, 1.165) is 11.3 Å². The smallest absolute Gasteiger partial charge is 0.254 e. The van der Waals surface area contributed by atoms with Gasteiger partial charge in [0.05, 0.1) is 5.56 Å². The largest absolute Gasteiger partial charge is 0.380 e. The zero-order valence-corrected chi connectivity index (χ0v) is 13.5. The first-order chi connectivity index (χ1) is 11.6. The predicted molar refractivity (Wildman–Crippen MR) is 91.5 cm³/mol. The van der Waals surface area contributed by atoms with Gasteiger partial charge in [-0.05, 0) is 30.2 Å².